The van der Waals surface area contributed by atoms with E-state index < -0.39 is 6.10 Å². The Morgan fingerprint density at radius 1 is 1.56 bits per heavy atom. The molecule has 0 aromatic heterocycles. The van der Waals surface area contributed by atoms with E-state index in [1.165, 1.54) is 0 Å². The number of nitrogens with zero attached hydrogens (tertiary/aromatic N) is 1. The summed E-state index contributed by atoms with van der Waals surface area (Å²) >= 11 is 0. The second-order valence-electron chi connectivity index (χ2n) is 4.74. The molecular weight excluding hydrogens is 228 g/mol. The van der Waals surface area contributed by atoms with Crippen molar-refractivity contribution >= 4 is 11.6 Å². The van der Waals surface area contributed by atoms with E-state index in [9.17, 15) is 9.90 Å². The van der Waals surface area contributed by atoms with Crippen LogP contribution < -0.4 is 10.6 Å². The Kier molecular flexibility index (Phi) is 3.87. The topological polar surface area (TPSA) is 66.6 Å². The van der Waals surface area contributed by atoms with Crippen LogP contribution in [0.4, 0.5) is 5.69 Å². The molecule has 2 atom stereocenters. The summed E-state index contributed by atoms with van der Waals surface area (Å²) in [5.41, 5.74) is 7.26. The zero-order valence-corrected chi connectivity index (χ0v) is 10.7. The first-order valence-electron chi connectivity index (χ1n) is 6.48. The predicted molar refractivity (Wildman–Crippen MR) is 71.3 cm³/mol. The molecule has 0 spiro atoms. The maximum Gasteiger partial charge on any atom is 0.240 e. The van der Waals surface area contributed by atoms with Gasteiger partial charge in [0, 0.05) is 17.8 Å². The highest BCUT2D eigenvalue weighted by atomic mass is 16.3. The molecule has 18 heavy (non-hydrogen) atoms. The molecule has 0 saturated carbocycles. The Hall–Kier alpha value is -1.55. The number of carbonyl (C=O) groups excluding carboxylic acids is 1. The second kappa shape index (κ2) is 5.40. The van der Waals surface area contributed by atoms with E-state index in [1.807, 2.05) is 36.1 Å². The van der Waals surface area contributed by atoms with Gasteiger partial charge in [0.2, 0.25) is 5.91 Å². The smallest absolute Gasteiger partial charge is 0.240 e. The SMILES string of the molecule is CC[C@H](O)c1ccccc1N1CCCC1C(N)=O. The van der Waals surface area contributed by atoms with Crippen molar-refractivity contribution in [3.05, 3.63) is 29.8 Å². The highest BCUT2D eigenvalue weighted by Gasteiger charge is 2.30. The molecule has 1 aliphatic heterocycles. The number of anilines is 1. The lowest BCUT2D eigenvalue weighted by atomic mass is 10.0. The first-order chi connectivity index (χ1) is 8.65. The molecule has 4 nitrogen and oxygen atoms in total. The highest BCUT2D eigenvalue weighted by Crippen LogP contribution is 2.32. The number of hydrogen-bond donors (Lipinski definition) is 2. The normalized spacial score (nSPS) is 21.0. The lowest BCUT2D eigenvalue weighted by Gasteiger charge is -2.28. The summed E-state index contributed by atoms with van der Waals surface area (Å²) in [5.74, 6) is -0.284. The van der Waals surface area contributed by atoms with Crippen LogP contribution >= 0.6 is 0 Å². The van der Waals surface area contributed by atoms with Crippen LogP contribution in [0.15, 0.2) is 24.3 Å². The number of para-hydroxylation sites is 1. The van der Waals surface area contributed by atoms with Crippen LogP contribution in [0.25, 0.3) is 0 Å². The van der Waals surface area contributed by atoms with Gasteiger partial charge in [-0.15, -0.1) is 0 Å². The summed E-state index contributed by atoms with van der Waals surface area (Å²) in [4.78, 5) is 13.5. The van der Waals surface area contributed by atoms with Gasteiger partial charge in [-0.25, -0.2) is 0 Å². The number of benzene rings is 1. The predicted octanol–water partition coefficient (Wildman–Crippen LogP) is 1.58. The van der Waals surface area contributed by atoms with E-state index in [1.54, 1.807) is 0 Å². The van der Waals surface area contributed by atoms with Crippen LogP contribution in [0.3, 0.4) is 0 Å². The zero-order valence-electron chi connectivity index (χ0n) is 10.7. The number of rotatable bonds is 4. The molecule has 1 saturated heterocycles. The van der Waals surface area contributed by atoms with Gasteiger partial charge in [-0.2, -0.15) is 0 Å². The lowest BCUT2D eigenvalue weighted by molar-refractivity contribution is -0.119. The number of primary amides is 1. The van der Waals surface area contributed by atoms with Crippen molar-refractivity contribution < 1.29 is 9.90 Å². The fraction of sp³-hybridized carbons (Fsp3) is 0.500. The third-order valence-corrected chi connectivity index (χ3v) is 3.57. The van der Waals surface area contributed by atoms with Crippen LogP contribution in [-0.2, 0) is 4.79 Å². The molecular formula is C14H20N2O2. The summed E-state index contributed by atoms with van der Waals surface area (Å²) in [5, 5.41) is 10.1. The van der Waals surface area contributed by atoms with Gasteiger partial charge in [-0.3, -0.25) is 4.79 Å². The van der Waals surface area contributed by atoms with Crippen molar-refractivity contribution in [2.75, 3.05) is 11.4 Å². The number of carbonyl (C=O) groups is 1. The molecule has 0 bridgehead atoms. The Labute approximate surface area is 107 Å². The third-order valence-electron chi connectivity index (χ3n) is 3.57. The minimum Gasteiger partial charge on any atom is -0.388 e. The van der Waals surface area contributed by atoms with Crippen LogP contribution in [0.2, 0.25) is 0 Å². The standard InChI is InChI=1S/C14H20N2O2/c1-2-13(17)10-6-3-4-7-11(10)16-9-5-8-12(16)14(15)18/h3-4,6-7,12-13,17H,2,5,8-9H2,1H3,(H2,15,18)/t12?,13-/m0/s1. The Morgan fingerprint density at radius 2 is 2.28 bits per heavy atom. The molecule has 1 fully saturated rings. The maximum atomic E-state index is 11.5. The van der Waals surface area contributed by atoms with Crippen molar-refractivity contribution in [1.29, 1.82) is 0 Å². The number of aliphatic hydroxyl groups excluding tert-OH is 1. The minimum atomic E-state index is -0.490. The molecule has 2 rings (SSSR count). The fourth-order valence-corrected chi connectivity index (χ4v) is 2.60. The fourth-order valence-electron chi connectivity index (χ4n) is 2.60. The van der Waals surface area contributed by atoms with E-state index >= 15 is 0 Å². The van der Waals surface area contributed by atoms with Gasteiger partial charge in [-0.1, -0.05) is 25.1 Å². The van der Waals surface area contributed by atoms with Gasteiger partial charge >= 0.3 is 0 Å². The molecule has 1 amide bonds. The molecule has 98 valence electrons. The summed E-state index contributed by atoms with van der Waals surface area (Å²) < 4.78 is 0. The molecule has 0 aliphatic carbocycles. The number of hydrogen-bond acceptors (Lipinski definition) is 3. The van der Waals surface area contributed by atoms with Crippen LogP contribution in [-0.4, -0.2) is 23.6 Å². The first-order valence-corrected chi connectivity index (χ1v) is 6.48. The average molecular weight is 248 g/mol. The van der Waals surface area contributed by atoms with E-state index in [4.69, 9.17) is 5.73 Å². The van der Waals surface area contributed by atoms with Crippen molar-refractivity contribution in [2.45, 2.75) is 38.3 Å². The third kappa shape index (κ3) is 2.34. The lowest BCUT2D eigenvalue weighted by Crippen LogP contribution is -2.40. The van der Waals surface area contributed by atoms with Gasteiger partial charge in [0.25, 0.3) is 0 Å². The maximum absolute atomic E-state index is 11.5. The van der Waals surface area contributed by atoms with Gasteiger partial charge in [0.15, 0.2) is 0 Å². The van der Waals surface area contributed by atoms with Crippen molar-refractivity contribution in [3.63, 3.8) is 0 Å². The number of aliphatic hydroxyl groups is 1. The van der Waals surface area contributed by atoms with Gasteiger partial charge in [-0.05, 0) is 25.3 Å². The van der Waals surface area contributed by atoms with Crippen LogP contribution in [0, 0.1) is 0 Å². The molecule has 1 aromatic rings. The summed E-state index contributed by atoms with van der Waals surface area (Å²) in [7, 11) is 0. The molecule has 1 unspecified atom stereocenters. The molecule has 1 aliphatic rings. The van der Waals surface area contributed by atoms with E-state index in [-0.39, 0.29) is 11.9 Å². The largest absolute Gasteiger partial charge is 0.388 e. The Morgan fingerprint density at radius 3 is 2.94 bits per heavy atom. The zero-order chi connectivity index (χ0) is 13.1. The number of nitrogens with two attached hydrogens (primary N) is 1. The van der Waals surface area contributed by atoms with E-state index in [0.29, 0.717) is 6.42 Å². The van der Waals surface area contributed by atoms with Crippen LogP contribution in [0.1, 0.15) is 37.9 Å². The highest BCUT2D eigenvalue weighted by molar-refractivity contribution is 5.84. The summed E-state index contributed by atoms with van der Waals surface area (Å²) in [6, 6.07) is 7.47. The molecule has 1 heterocycles. The number of amides is 1. The van der Waals surface area contributed by atoms with Gasteiger partial charge < -0.3 is 15.7 Å². The summed E-state index contributed by atoms with van der Waals surface area (Å²) in [6.45, 7) is 2.76. The van der Waals surface area contributed by atoms with Crippen molar-refractivity contribution in [3.8, 4) is 0 Å². The van der Waals surface area contributed by atoms with E-state index in [2.05, 4.69) is 0 Å². The first kappa shape index (κ1) is 12.9. The average Bonchev–Trinajstić information content (AvgIpc) is 2.87. The van der Waals surface area contributed by atoms with Crippen molar-refractivity contribution in [2.24, 2.45) is 5.73 Å². The van der Waals surface area contributed by atoms with E-state index in [0.717, 1.165) is 30.6 Å². The van der Waals surface area contributed by atoms with Gasteiger partial charge in [0.1, 0.15) is 6.04 Å². The monoisotopic (exact) mass is 248 g/mol. The molecule has 1 aromatic carbocycles. The van der Waals surface area contributed by atoms with Crippen molar-refractivity contribution in [1.82, 2.24) is 0 Å². The minimum absolute atomic E-state index is 0.241. The quantitative estimate of drug-likeness (QED) is 0.850. The Balaban J connectivity index is 2.35. The van der Waals surface area contributed by atoms with Crippen LogP contribution in [0.5, 0.6) is 0 Å². The molecule has 3 N–H and O–H groups in total. The van der Waals surface area contributed by atoms with Gasteiger partial charge in [0.05, 0.1) is 6.10 Å². The Bertz CT molecular complexity index is 434. The molecule has 4 heteroatoms. The molecule has 0 radical (unpaired) electrons. The summed E-state index contributed by atoms with van der Waals surface area (Å²) in [6.07, 6.45) is 1.93. The second-order valence-corrected chi connectivity index (χ2v) is 4.74.